The number of methoxy groups -OCH3 is 1. The minimum Gasteiger partial charge on any atom is -0.497 e. The summed E-state index contributed by atoms with van der Waals surface area (Å²) in [5.41, 5.74) is 10.4. The molecule has 0 aromatic heterocycles. The second-order valence-corrected chi connectivity index (χ2v) is 9.39. The lowest BCUT2D eigenvalue weighted by Crippen LogP contribution is -2.12. The van der Waals surface area contributed by atoms with E-state index in [1.807, 2.05) is 12.1 Å². The van der Waals surface area contributed by atoms with Crippen molar-refractivity contribution in [3.8, 4) is 5.75 Å². The summed E-state index contributed by atoms with van der Waals surface area (Å²) in [4.78, 5) is 4.57. The van der Waals surface area contributed by atoms with Gasteiger partial charge in [0.05, 0.1) is 7.11 Å². The predicted octanol–water partition coefficient (Wildman–Crippen LogP) is 9.56. The quantitative estimate of drug-likeness (QED) is 0.229. The minimum atomic E-state index is 0.842. The molecule has 0 fully saturated rings. The molecule has 3 nitrogen and oxygen atoms in total. The Morgan fingerprint density at radius 3 is 0.811 bits per heavy atom. The Morgan fingerprint density at radius 2 is 0.568 bits per heavy atom. The lowest BCUT2D eigenvalue weighted by Gasteiger charge is -2.28. The van der Waals surface area contributed by atoms with Crippen molar-refractivity contribution in [3.05, 3.63) is 138 Å². The van der Waals surface area contributed by atoms with Crippen LogP contribution in [0.2, 0.25) is 0 Å². The Hall–Kier alpha value is -4.50. The molecule has 5 aromatic rings. The van der Waals surface area contributed by atoms with E-state index in [4.69, 9.17) is 4.74 Å². The molecule has 0 bridgehead atoms. The van der Waals surface area contributed by atoms with Crippen LogP contribution in [0, 0.1) is 20.8 Å². The normalized spacial score (nSPS) is 10.7. The van der Waals surface area contributed by atoms with Crippen LogP contribution in [0.1, 0.15) is 16.7 Å². The molecule has 0 saturated carbocycles. The van der Waals surface area contributed by atoms with Gasteiger partial charge in [0, 0.05) is 34.1 Å². The van der Waals surface area contributed by atoms with Crippen molar-refractivity contribution in [2.24, 2.45) is 0 Å². The van der Waals surface area contributed by atoms with E-state index in [-0.39, 0.29) is 0 Å². The molecular formula is C34H32N2O. The predicted molar refractivity (Wildman–Crippen MR) is 157 cm³/mol. The average molecular weight is 485 g/mol. The Morgan fingerprint density at radius 1 is 0.351 bits per heavy atom. The molecular weight excluding hydrogens is 452 g/mol. The molecule has 0 saturated heterocycles. The van der Waals surface area contributed by atoms with Gasteiger partial charge in [0.2, 0.25) is 0 Å². The van der Waals surface area contributed by atoms with Crippen LogP contribution in [-0.4, -0.2) is 7.11 Å². The van der Waals surface area contributed by atoms with E-state index in [0.29, 0.717) is 0 Å². The molecule has 0 radical (unpaired) electrons. The van der Waals surface area contributed by atoms with E-state index in [0.717, 1.165) is 39.9 Å². The summed E-state index contributed by atoms with van der Waals surface area (Å²) < 4.78 is 5.39. The highest BCUT2D eigenvalue weighted by Crippen LogP contribution is 2.39. The number of aryl methyl sites for hydroxylation is 3. The first-order chi connectivity index (χ1) is 18.0. The topological polar surface area (TPSA) is 15.7 Å². The summed E-state index contributed by atoms with van der Waals surface area (Å²) in [5, 5.41) is 0. The van der Waals surface area contributed by atoms with E-state index in [9.17, 15) is 0 Å². The fourth-order valence-corrected chi connectivity index (χ4v) is 4.46. The van der Waals surface area contributed by atoms with Crippen molar-refractivity contribution in [3.63, 3.8) is 0 Å². The van der Waals surface area contributed by atoms with Gasteiger partial charge >= 0.3 is 0 Å². The van der Waals surface area contributed by atoms with E-state index in [1.165, 1.54) is 16.7 Å². The largest absolute Gasteiger partial charge is 0.497 e. The maximum Gasteiger partial charge on any atom is 0.119 e. The number of benzene rings is 5. The van der Waals surface area contributed by atoms with Gasteiger partial charge in [-0.1, -0.05) is 53.1 Å². The number of anilines is 6. The van der Waals surface area contributed by atoms with Crippen LogP contribution in [0.15, 0.2) is 121 Å². The van der Waals surface area contributed by atoms with E-state index in [2.05, 4.69) is 140 Å². The van der Waals surface area contributed by atoms with Gasteiger partial charge in [-0.15, -0.1) is 0 Å². The monoisotopic (exact) mass is 484 g/mol. The molecule has 0 heterocycles. The number of nitrogens with zero attached hydrogens (tertiary/aromatic N) is 2. The first-order valence-corrected chi connectivity index (χ1v) is 12.6. The van der Waals surface area contributed by atoms with Crippen LogP contribution < -0.4 is 14.5 Å². The number of hydrogen-bond donors (Lipinski definition) is 0. The first kappa shape index (κ1) is 24.2. The van der Waals surface area contributed by atoms with Gasteiger partial charge in [-0.3, -0.25) is 0 Å². The summed E-state index contributed by atoms with van der Waals surface area (Å²) in [7, 11) is 1.69. The lowest BCUT2D eigenvalue weighted by molar-refractivity contribution is 0.415. The second-order valence-electron chi connectivity index (χ2n) is 9.39. The first-order valence-electron chi connectivity index (χ1n) is 12.6. The Bertz CT molecular complexity index is 1390. The van der Waals surface area contributed by atoms with Crippen LogP contribution in [0.25, 0.3) is 0 Å². The van der Waals surface area contributed by atoms with Crippen molar-refractivity contribution < 1.29 is 4.74 Å². The highest BCUT2D eigenvalue weighted by molar-refractivity contribution is 5.81. The van der Waals surface area contributed by atoms with E-state index >= 15 is 0 Å². The van der Waals surface area contributed by atoms with Crippen LogP contribution in [0.4, 0.5) is 34.1 Å². The highest BCUT2D eigenvalue weighted by Gasteiger charge is 2.16. The lowest BCUT2D eigenvalue weighted by atomic mass is 10.1. The summed E-state index contributed by atoms with van der Waals surface area (Å²) >= 11 is 0. The number of rotatable bonds is 7. The molecule has 37 heavy (non-hydrogen) atoms. The summed E-state index contributed by atoms with van der Waals surface area (Å²) in [6.07, 6.45) is 0. The summed E-state index contributed by atoms with van der Waals surface area (Å²) in [5.74, 6) is 0.842. The highest BCUT2D eigenvalue weighted by atomic mass is 16.5. The van der Waals surface area contributed by atoms with E-state index in [1.54, 1.807) is 7.11 Å². The fourth-order valence-electron chi connectivity index (χ4n) is 4.46. The van der Waals surface area contributed by atoms with Crippen LogP contribution in [-0.2, 0) is 0 Å². The van der Waals surface area contributed by atoms with Gasteiger partial charge in [0.15, 0.2) is 0 Å². The van der Waals surface area contributed by atoms with Gasteiger partial charge in [0.1, 0.15) is 5.75 Å². The zero-order chi connectivity index (χ0) is 25.8. The molecule has 0 aliphatic rings. The maximum absolute atomic E-state index is 5.39. The second kappa shape index (κ2) is 10.6. The summed E-state index contributed by atoms with van der Waals surface area (Å²) in [6.45, 7) is 6.35. The van der Waals surface area contributed by atoms with Gasteiger partial charge in [-0.25, -0.2) is 0 Å². The van der Waals surface area contributed by atoms with Crippen LogP contribution in [0.5, 0.6) is 5.75 Å². The third kappa shape index (κ3) is 5.36. The van der Waals surface area contributed by atoms with Gasteiger partial charge in [-0.2, -0.15) is 0 Å². The van der Waals surface area contributed by atoms with E-state index < -0.39 is 0 Å². The van der Waals surface area contributed by atoms with Gasteiger partial charge in [0.25, 0.3) is 0 Å². The standard InChI is InChI=1S/C34H32N2O/c1-25-5-11-28(12-6-25)35(29-13-7-26(2)8-14-29)31-17-19-32(20-18-31)36(30-15-9-27(3)10-16-30)33-21-23-34(37-4)24-22-33/h5-24H,1-4H3. The minimum absolute atomic E-state index is 0.842. The Labute approximate surface area is 220 Å². The Balaban J connectivity index is 1.57. The molecule has 184 valence electrons. The van der Waals surface area contributed by atoms with Crippen molar-refractivity contribution in [2.75, 3.05) is 16.9 Å². The molecule has 3 heteroatoms. The Kier molecular flexibility index (Phi) is 6.96. The third-order valence-electron chi connectivity index (χ3n) is 6.57. The molecule has 0 N–H and O–H groups in total. The summed E-state index contributed by atoms with van der Waals surface area (Å²) in [6, 6.07) is 42.9. The van der Waals surface area contributed by atoms with Crippen molar-refractivity contribution in [1.82, 2.24) is 0 Å². The van der Waals surface area contributed by atoms with Gasteiger partial charge < -0.3 is 14.5 Å². The van der Waals surface area contributed by atoms with Crippen molar-refractivity contribution in [2.45, 2.75) is 20.8 Å². The smallest absolute Gasteiger partial charge is 0.119 e. The average Bonchev–Trinajstić information content (AvgIpc) is 2.93. The van der Waals surface area contributed by atoms with Crippen LogP contribution in [0.3, 0.4) is 0 Å². The zero-order valence-corrected chi connectivity index (χ0v) is 21.8. The number of hydrogen-bond acceptors (Lipinski definition) is 3. The molecule has 0 atom stereocenters. The fraction of sp³-hybridized carbons (Fsp3) is 0.118. The number of ether oxygens (including phenoxy) is 1. The molecule has 5 rings (SSSR count). The molecule has 0 aliphatic carbocycles. The van der Waals surface area contributed by atoms with Crippen molar-refractivity contribution >= 4 is 34.1 Å². The molecule has 0 amide bonds. The SMILES string of the molecule is COc1ccc(N(c2ccc(C)cc2)c2ccc(N(c3ccc(C)cc3)c3ccc(C)cc3)cc2)cc1. The molecule has 0 unspecified atom stereocenters. The van der Waals surface area contributed by atoms with Gasteiger partial charge in [-0.05, 0) is 106 Å². The van der Waals surface area contributed by atoms with Crippen LogP contribution >= 0.6 is 0 Å². The maximum atomic E-state index is 5.39. The third-order valence-corrected chi connectivity index (χ3v) is 6.57. The molecule has 5 aromatic carbocycles. The molecule has 0 spiro atoms. The molecule has 0 aliphatic heterocycles. The zero-order valence-electron chi connectivity index (χ0n) is 21.8. The van der Waals surface area contributed by atoms with Crippen molar-refractivity contribution in [1.29, 1.82) is 0 Å².